The van der Waals surface area contributed by atoms with E-state index < -0.39 is 0 Å². The van der Waals surface area contributed by atoms with Crippen LogP contribution in [-0.4, -0.2) is 20.3 Å². The van der Waals surface area contributed by atoms with Crippen molar-refractivity contribution >= 4 is 0 Å². The number of ether oxygens (including phenoxy) is 2. The minimum atomic E-state index is -0.383. The van der Waals surface area contributed by atoms with Crippen molar-refractivity contribution < 1.29 is 9.47 Å². The summed E-state index contributed by atoms with van der Waals surface area (Å²) in [5, 5.41) is 0. The van der Waals surface area contributed by atoms with Gasteiger partial charge in [-0.05, 0) is 23.6 Å². The second-order valence-electron chi connectivity index (χ2n) is 4.36. The number of nitrogens with two attached hydrogens (primary N) is 1. The third-order valence-electron chi connectivity index (χ3n) is 3.30. The van der Waals surface area contributed by atoms with E-state index in [9.17, 15) is 0 Å². The molecular formula is C13H19NO2. The molecule has 0 amide bonds. The zero-order valence-corrected chi connectivity index (χ0v) is 9.95. The summed E-state index contributed by atoms with van der Waals surface area (Å²) in [5.41, 5.74) is 8.38. The lowest BCUT2D eigenvalue weighted by atomic mass is 9.88. The minimum Gasteiger partial charge on any atom is -0.493 e. The topological polar surface area (TPSA) is 44.5 Å². The Labute approximate surface area is 96.5 Å². The van der Waals surface area contributed by atoms with Crippen LogP contribution in [0.15, 0.2) is 18.2 Å². The Hall–Kier alpha value is -1.06. The molecule has 16 heavy (non-hydrogen) atoms. The Morgan fingerprint density at radius 1 is 1.50 bits per heavy atom. The highest BCUT2D eigenvalue weighted by atomic mass is 16.5. The Kier molecular flexibility index (Phi) is 3.17. The van der Waals surface area contributed by atoms with Crippen molar-refractivity contribution in [3.8, 4) is 5.75 Å². The maximum Gasteiger partial charge on any atom is 0.122 e. The number of rotatable bonds is 4. The van der Waals surface area contributed by atoms with E-state index >= 15 is 0 Å². The van der Waals surface area contributed by atoms with Crippen molar-refractivity contribution in [3.63, 3.8) is 0 Å². The Morgan fingerprint density at radius 3 is 3.00 bits per heavy atom. The molecular weight excluding hydrogens is 202 g/mol. The average Bonchev–Trinajstić information content (AvgIpc) is 2.76. The largest absolute Gasteiger partial charge is 0.493 e. The summed E-state index contributed by atoms with van der Waals surface area (Å²) in [6, 6.07) is 6.22. The first kappa shape index (κ1) is 11.4. The molecule has 1 aromatic rings. The zero-order valence-electron chi connectivity index (χ0n) is 9.95. The molecule has 0 fully saturated rings. The van der Waals surface area contributed by atoms with Gasteiger partial charge in [0.25, 0.3) is 0 Å². The average molecular weight is 221 g/mol. The van der Waals surface area contributed by atoms with Crippen molar-refractivity contribution in [2.75, 3.05) is 20.3 Å². The number of hydrogen-bond acceptors (Lipinski definition) is 3. The van der Waals surface area contributed by atoms with Gasteiger partial charge in [0.1, 0.15) is 5.75 Å². The van der Waals surface area contributed by atoms with Gasteiger partial charge in [-0.25, -0.2) is 0 Å². The summed E-state index contributed by atoms with van der Waals surface area (Å²) in [6.45, 7) is 3.42. The molecule has 1 aromatic carbocycles. The fourth-order valence-electron chi connectivity index (χ4n) is 2.14. The first-order valence-corrected chi connectivity index (χ1v) is 5.73. The second kappa shape index (κ2) is 4.44. The zero-order chi connectivity index (χ0) is 11.6. The predicted octanol–water partition coefficient (Wildman–Crippen LogP) is 1.83. The van der Waals surface area contributed by atoms with Gasteiger partial charge in [0.2, 0.25) is 0 Å². The lowest BCUT2D eigenvalue weighted by Gasteiger charge is -2.28. The molecule has 0 saturated carbocycles. The van der Waals surface area contributed by atoms with Crippen LogP contribution in [0.1, 0.15) is 24.5 Å². The van der Waals surface area contributed by atoms with Crippen LogP contribution in [-0.2, 0) is 16.7 Å². The van der Waals surface area contributed by atoms with Gasteiger partial charge in [0.05, 0.1) is 18.8 Å². The Bertz CT molecular complexity index is 378. The molecule has 2 N–H and O–H groups in total. The molecule has 1 aliphatic rings. The molecule has 1 unspecified atom stereocenters. The Balaban J connectivity index is 2.32. The minimum absolute atomic E-state index is 0.383. The van der Waals surface area contributed by atoms with Gasteiger partial charge < -0.3 is 15.2 Å². The Morgan fingerprint density at radius 2 is 2.31 bits per heavy atom. The first-order valence-electron chi connectivity index (χ1n) is 5.73. The van der Waals surface area contributed by atoms with Crippen LogP contribution in [0, 0.1) is 0 Å². The maximum absolute atomic E-state index is 6.36. The molecule has 1 atom stereocenters. The summed E-state index contributed by atoms with van der Waals surface area (Å²) in [7, 11) is 1.69. The summed E-state index contributed by atoms with van der Waals surface area (Å²) < 4.78 is 10.7. The highest BCUT2D eigenvalue weighted by Gasteiger charge is 2.26. The van der Waals surface area contributed by atoms with Crippen LogP contribution in [0.4, 0.5) is 0 Å². The van der Waals surface area contributed by atoms with Crippen molar-refractivity contribution in [2.24, 2.45) is 5.73 Å². The van der Waals surface area contributed by atoms with Crippen LogP contribution >= 0.6 is 0 Å². The van der Waals surface area contributed by atoms with E-state index in [1.165, 1.54) is 5.56 Å². The van der Waals surface area contributed by atoms with Crippen LogP contribution in [0.25, 0.3) is 0 Å². The van der Waals surface area contributed by atoms with Gasteiger partial charge in [-0.3, -0.25) is 0 Å². The van der Waals surface area contributed by atoms with E-state index in [4.69, 9.17) is 15.2 Å². The van der Waals surface area contributed by atoms with E-state index in [2.05, 4.69) is 13.0 Å². The fraction of sp³-hybridized carbons (Fsp3) is 0.538. The van der Waals surface area contributed by atoms with Crippen molar-refractivity contribution in [1.29, 1.82) is 0 Å². The van der Waals surface area contributed by atoms with Gasteiger partial charge in [-0.1, -0.05) is 19.1 Å². The summed E-state index contributed by atoms with van der Waals surface area (Å²) in [5.74, 6) is 1.000. The quantitative estimate of drug-likeness (QED) is 0.843. The third kappa shape index (κ3) is 1.93. The van der Waals surface area contributed by atoms with Crippen molar-refractivity contribution in [2.45, 2.75) is 25.3 Å². The molecule has 0 saturated heterocycles. The van der Waals surface area contributed by atoms with Gasteiger partial charge in [-0.15, -0.1) is 0 Å². The molecule has 3 nitrogen and oxygen atoms in total. The SMILES string of the molecule is CCC(N)(COC)c1ccc2c(c1)CCO2. The molecule has 3 heteroatoms. The third-order valence-corrected chi connectivity index (χ3v) is 3.30. The highest BCUT2D eigenvalue weighted by Crippen LogP contribution is 2.31. The molecule has 0 spiro atoms. The maximum atomic E-state index is 6.36. The smallest absolute Gasteiger partial charge is 0.122 e. The molecule has 1 heterocycles. The van der Waals surface area contributed by atoms with E-state index in [0.717, 1.165) is 30.8 Å². The van der Waals surface area contributed by atoms with E-state index in [1.54, 1.807) is 7.11 Å². The van der Waals surface area contributed by atoms with Crippen molar-refractivity contribution in [3.05, 3.63) is 29.3 Å². The number of fused-ring (bicyclic) bond motifs is 1. The van der Waals surface area contributed by atoms with Crippen LogP contribution < -0.4 is 10.5 Å². The summed E-state index contributed by atoms with van der Waals surface area (Å²) >= 11 is 0. The molecule has 0 bridgehead atoms. The highest BCUT2D eigenvalue weighted by molar-refractivity contribution is 5.42. The van der Waals surface area contributed by atoms with E-state index in [1.807, 2.05) is 12.1 Å². The molecule has 0 aromatic heterocycles. The van der Waals surface area contributed by atoms with E-state index in [-0.39, 0.29) is 5.54 Å². The normalized spacial score (nSPS) is 17.7. The first-order chi connectivity index (χ1) is 7.69. The number of methoxy groups -OCH3 is 1. The van der Waals surface area contributed by atoms with Crippen molar-refractivity contribution in [1.82, 2.24) is 0 Å². The lowest BCUT2D eigenvalue weighted by molar-refractivity contribution is 0.129. The molecule has 0 aliphatic carbocycles. The van der Waals surface area contributed by atoms with Gasteiger partial charge in [0, 0.05) is 13.5 Å². The standard InChI is InChI=1S/C13H19NO2/c1-3-13(14,9-15-2)11-4-5-12-10(8-11)6-7-16-12/h4-5,8H,3,6-7,9,14H2,1-2H3. The molecule has 2 rings (SSSR count). The second-order valence-corrected chi connectivity index (χ2v) is 4.36. The molecule has 1 aliphatic heterocycles. The predicted molar refractivity (Wildman–Crippen MR) is 63.7 cm³/mol. The molecule has 0 radical (unpaired) electrons. The van der Waals surface area contributed by atoms with Gasteiger partial charge in [0.15, 0.2) is 0 Å². The number of benzene rings is 1. The fourth-order valence-corrected chi connectivity index (χ4v) is 2.14. The summed E-state index contributed by atoms with van der Waals surface area (Å²) in [6.07, 6.45) is 1.84. The van der Waals surface area contributed by atoms with Crippen LogP contribution in [0.5, 0.6) is 5.75 Å². The van der Waals surface area contributed by atoms with Gasteiger partial charge >= 0.3 is 0 Å². The molecule has 88 valence electrons. The number of hydrogen-bond donors (Lipinski definition) is 1. The van der Waals surface area contributed by atoms with E-state index in [0.29, 0.717) is 6.61 Å². The van der Waals surface area contributed by atoms with Crippen LogP contribution in [0.3, 0.4) is 0 Å². The van der Waals surface area contributed by atoms with Gasteiger partial charge in [-0.2, -0.15) is 0 Å². The lowest BCUT2D eigenvalue weighted by Crippen LogP contribution is -2.40. The summed E-state index contributed by atoms with van der Waals surface area (Å²) in [4.78, 5) is 0. The monoisotopic (exact) mass is 221 g/mol. The van der Waals surface area contributed by atoms with Crippen LogP contribution in [0.2, 0.25) is 0 Å².